The number of carbonyl (C=O) groups excluding carboxylic acids is 1. The van der Waals surface area contributed by atoms with Crippen molar-refractivity contribution in [3.63, 3.8) is 0 Å². The number of nitrogens with zero attached hydrogens (tertiary/aromatic N) is 5. The number of rotatable bonds is 6. The summed E-state index contributed by atoms with van der Waals surface area (Å²) in [6.07, 6.45) is 4.70. The highest BCUT2D eigenvalue weighted by molar-refractivity contribution is 8.00. The average Bonchev–Trinajstić information content (AvgIpc) is 3.44. The Morgan fingerprint density at radius 2 is 1.72 bits per heavy atom. The Morgan fingerprint density at radius 3 is 2.53 bits per heavy atom. The van der Waals surface area contributed by atoms with E-state index in [1.165, 1.54) is 36.6 Å². The van der Waals surface area contributed by atoms with E-state index >= 15 is 0 Å². The first-order chi connectivity index (χ1) is 15.7. The fourth-order valence-electron chi connectivity index (χ4n) is 4.63. The number of thioether (sulfide) groups is 1. The number of hydrogen-bond donors (Lipinski definition) is 0. The van der Waals surface area contributed by atoms with Crippen molar-refractivity contribution in [3.8, 4) is 5.69 Å². The summed E-state index contributed by atoms with van der Waals surface area (Å²) in [7, 11) is 0. The van der Waals surface area contributed by atoms with Gasteiger partial charge < -0.3 is 4.90 Å². The number of aromatic nitrogens is 3. The van der Waals surface area contributed by atoms with Gasteiger partial charge in [-0.25, -0.2) is 0 Å². The summed E-state index contributed by atoms with van der Waals surface area (Å²) in [6.45, 7) is 5.71. The van der Waals surface area contributed by atoms with Crippen LogP contribution in [0.3, 0.4) is 0 Å². The maximum absolute atomic E-state index is 13.3. The molecule has 2 aromatic carbocycles. The normalized spacial score (nSPS) is 17.3. The van der Waals surface area contributed by atoms with Crippen LogP contribution in [0.25, 0.3) is 5.69 Å². The minimum Gasteiger partial charge on any atom is -0.311 e. The number of fused-ring (bicyclic) bond motifs is 1. The Labute approximate surface area is 193 Å². The first kappa shape index (κ1) is 21.2. The molecule has 0 aliphatic carbocycles. The highest BCUT2D eigenvalue weighted by atomic mass is 32.2. The minimum absolute atomic E-state index is 0.125. The van der Waals surface area contributed by atoms with E-state index in [1.54, 1.807) is 0 Å². The van der Waals surface area contributed by atoms with E-state index in [2.05, 4.69) is 37.9 Å². The Bertz CT molecular complexity index is 1080. The summed E-state index contributed by atoms with van der Waals surface area (Å²) in [5, 5.41) is 9.61. The number of hydrogen-bond acceptors (Lipinski definition) is 5. The molecule has 32 heavy (non-hydrogen) atoms. The third-order valence-corrected chi connectivity index (χ3v) is 7.34. The first-order valence-corrected chi connectivity index (χ1v) is 12.4. The third-order valence-electron chi connectivity index (χ3n) is 6.31. The van der Waals surface area contributed by atoms with Crippen LogP contribution in [0, 0.1) is 0 Å². The van der Waals surface area contributed by atoms with Gasteiger partial charge in [-0.05, 0) is 63.0 Å². The standard InChI is InChI=1S/C25H29N5OS/c1-19(24(31)29-17-14-20-10-6-7-13-22(20)29)32-25-27-26-23(18-28-15-8-3-9-16-28)30(25)21-11-4-2-5-12-21/h2,4-7,10-13,19H,3,8-9,14-18H2,1H3/t19-/m0/s1. The van der Waals surface area contributed by atoms with Crippen LogP contribution >= 0.6 is 11.8 Å². The number of piperidine rings is 1. The highest BCUT2D eigenvalue weighted by Crippen LogP contribution is 2.32. The fourth-order valence-corrected chi connectivity index (χ4v) is 5.58. The summed E-state index contributed by atoms with van der Waals surface area (Å²) in [5.74, 6) is 1.06. The SMILES string of the molecule is C[C@H](Sc1nnc(CN2CCCCC2)n1-c1ccccc1)C(=O)N1CCc2ccccc21. The van der Waals surface area contributed by atoms with Crippen LogP contribution in [0.15, 0.2) is 59.8 Å². The van der Waals surface area contributed by atoms with Crippen molar-refractivity contribution in [3.05, 3.63) is 66.0 Å². The van der Waals surface area contributed by atoms with Crippen LogP contribution < -0.4 is 4.90 Å². The van der Waals surface area contributed by atoms with Gasteiger partial charge in [0.2, 0.25) is 5.91 Å². The Kier molecular flexibility index (Phi) is 6.28. The molecule has 0 spiro atoms. The van der Waals surface area contributed by atoms with Gasteiger partial charge in [0.15, 0.2) is 11.0 Å². The predicted octanol–water partition coefficient (Wildman–Crippen LogP) is 4.32. The lowest BCUT2D eigenvalue weighted by Crippen LogP contribution is -2.35. The molecule has 3 heterocycles. The summed E-state index contributed by atoms with van der Waals surface area (Å²) >= 11 is 1.50. The Morgan fingerprint density at radius 1 is 0.969 bits per heavy atom. The van der Waals surface area contributed by atoms with Crippen LogP contribution in [-0.2, 0) is 17.8 Å². The molecule has 2 aliphatic heterocycles. The second-order valence-electron chi connectivity index (χ2n) is 8.54. The molecule has 6 nitrogen and oxygen atoms in total. The van der Waals surface area contributed by atoms with Crippen molar-refractivity contribution < 1.29 is 4.79 Å². The molecule has 0 unspecified atom stereocenters. The van der Waals surface area contributed by atoms with E-state index in [0.29, 0.717) is 0 Å². The Hall–Kier alpha value is -2.64. The van der Waals surface area contributed by atoms with Gasteiger partial charge >= 0.3 is 0 Å². The number of carbonyl (C=O) groups is 1. The van der Waals surface area contributed by atoms with Crippen LogP contribution in [0.4, 0.5) is 5.69 Å². The van der Waals surface area contributed by atoms with Crippen LogP contribution in [0.2, 0.25) is 0 Å². The molecule has 2 aliphatic rings. The maximum Gasteiger partial charge on any atom is 0.240 e. The molecular weight excluding hydrogens is 418 g/mol. The molecule has 1 fully saturated rings. The fraction of sp³-hybridized carbons (Fsp3) is 0.400. The summed E-state index contributed by atoms with van der Waals surface area (Å²) in [6, 6.07) is 18.4. The molecule has 7 heteroatoms. The molecule has 3 aromatic rings. The lowest BCUT2D eigenvalue weighted by Gasteiger charge is -2.26. The van der Waals surface area contributed by atoms with Crippen molar-refractivity contribution >= 4 is 23.4 Å². The summed E-state index contributed by atoms with van der Waals surface area (Å²) in [5.41, 5.74) is 3.33. The second-order valence-corrected chi connectivity index (χ2v) is 9.84. The van der Waals surface area contributed by atoms with E-state index in [9.17, 15) is 4.79 Å². The van der Waals surface area contributed by atoms with Crippen molar-refractivity contribution in [2.24, 2.45) is 0 Å². The number of para-hydroxylation sites is 2. The molecule has 0 N–H and O–H groups in total. The molecule has 5 rings (SSSR count). The van der Waals surface area contributed by atoms with Gasteiger partial charge in [-0.2, -0.15) is 0 Å². The zero-order valence-corrected chi connectivity index (χ0v) is 19.3. The number of amides is 1. The molecule has 1 saturated heterocycles. The minimum atomic E-state index is -0.254. The van der Waals surface area contributed by atoms with Crippen molar-refractivity contribution in [2.75, 3.05) is 24.5 Å². The van der Waals surface area contributed by atoms with Crippen LogP contribution in [0.5, 0.6) is 0 Å². The monoisotopic (exact) mass is 447 g/mol. The molecule has 0 radical (unpaired) electrons. The van der Waals surface area contributed by atoms with Crippen molar-refractivity contribution in [2.45, 2.75) is 49.6 Å². The molecule has 0 saturated carbocycles. The van der Waals surface area contributed by atoms with Crippen molar-refractivity contribution in [1.82, 2.24) is 19.7 Å². The predicted molar refractivity (Wildman–Crippen MR) is 128 cm³/mol. The van der Waals surface area contributed by atoms with Gasteiger partial charge in [-0.3, -0.25) is 14.3 Å². The van der Waals surface area contributed by atoms with Gasteiger partial charge in [0, 0.05) is 17.9 Å². The quantitative estimate of drug-likeness (QED) is 0.527. The summed E-state index contributed by atoms with van der Waals surface area (Å²) in [4.78, 5) is 17.7. The third kappa shape index (κ3) is 4.32. The topological polar surface area (TPSA) is 54.3 Å². The van der Waals surface area contributed by atoms with E-state index in [4.69, 9.17) is 0 Å². The lowest BCUT2D eigenvalue weighted by atomic mass is 10.1. The molecule has 0 bridgehead atoms. The molecule has 1 amide bonds. The van der Waals surface area contributed by atoms with Crippen LogP contribution in [-0.4, -0.2) is 50.5 Å². The smallest absolute Gasteiger partial charge is 0.240 e. The molecular formula is C25H29N5OS. The van der Waals surface area contributed by atoms with E-state index < -0.39 is 0 Å². The van der Waals surface area contributed by atoms with Gasteiger partial charge in [0.25, 0.3) is 0 Å². The molecule has 1 atom stereocenters. The van der Waals surface area contributed by atoms with E-state index in [0.717, 1.165) is 55.0 Å². The molecule has 166 valence electrons. The Balaban J connectivity index is 1.39. The largest absolute Gasteiger partial charge is 0.311 e. The number of benzene rings is 2. The lowest BCUT2D eigenvalue weighted by molar-refractivity contribution is -0.117. The zero-order valence-electron chi connectivity index (χ0n) is 18.5. The summed E-state index contributed by atoms with van der Waals surface area (Å²) < 4.78 is 2.13. The zero-order chi connectivity index (χ0) is 21.9. The molecule has 1 aromatic heterocycles. The van der Waals surface area contributed by atoms with Crippen LogP contribution in [0.1, 0.15) is 37.6 Å². The van der Waals surface area contributed by atoms with E-state index in [-0.39, 0.29) is 11.2 Å². The maximum atomic E-state index is 13.3. The van der Waals surface area contributed by atoms with Gasteiger partial charge in [0.05, 0.1) is 11.8 Å². The highest BCUT2D eigenvalue weighted by Gasteiger charge is 2.30. The second kappa shape index (κ2) is 9.46. The number of anilines is 1. The van der Waals surface area contributed by atoms with Crippen molar-refractivity contribution in [1.29, 1.82) is 0 Å². The number of likely N-dealkylation sites (tertiary alicyclic amines) is 1. The van der Waals surface area contributed by atoms with Gasteiger partial charge in [-0.15, -0.1) is 10.2 Å². The first-order valence-electron chi connectivity index (χ1n) is 11.5. The van der Waals surface area contributed by atoms with E-state index in [1.807, 2.05) is 48.2 Å². The van der Waals surface area contributed by atoms with Gasteiger partial charge in [-0.1, -0.05) is 54.6 Å². The average molecular weight is 448 g/mol. The van der Waals surface area contributed by atoms with Gasteiger partial charge in [0.1, 0.15) is 0 Å².